The summed E-state index contributed by atoms with van der Waals surface area (Å²) in [4.78, 5) is 4.21. The van der Waals surface area contributed by atoms with E-state index in [1.54, 1.807) is 12.1 Å². The van der Waals surface area contributed by atoms with E-state index in [4.69, 9.17) is 0 Å². The van der Waals surface area contributed by atoms with Crippen LogP contribution in [-0.4, -0.2) is 13.4 Å². The van der Waals surface area contributed by atoms with Crippen LogP contribution in [0.25, 0.3) is 10.9 Å². The van der Waals surface area contributed by atoms with E-state index in [2.05, 4.69) is 9.71 Å². The summed E-state index contributed by atoms with van der Waals surface area (Å²) >= 11 is 0. The molecule has 0 aliphatic heterocycles. The van der Waals surface area contributed by atoms with E-state index in [1.807, 2.05) is 48.5 Å². The van der Waals surface area contributed by atoms with Gasteiger partial charge in [0, 0.05) is 11.9 Å². The Morgan fingerprint density at radius 3 is 2.38 bits per heavy atom. The minimum absolute atomic E-state index is 0.0390. The van der Waals surface area contributed by atoms with Crippen LogP contribution >= 0.6 is 0 Å². The van der Waals surface area contributed by atoms with E-state index >= 15 is 0 Å². The molecule has 0 atom stereocenters. The van der Waals surface area contributed by atoms with E-state index < -0.39 is 10.0 Å². The van der Waals surface area contributed by atoms with Crippen LogP contribution in [0.4, 0.5) is 0 Å². The zero-order chi connectivity index (χ0) is 14.7. The number of benzene rings is 2. The van der Waals surface area contributed by atoms with Crippen molar-refractivity contribution in [1.29, 1.82) is 0 Å². The van der Waals surface area contributed by atoms with E-state index in [-0.39, 0.29) is 11.6 Å². The Morgan fingerprint density at radius 1 is 0.857 bits per heavy atom. The summed E-state index contributed by atoms with van der Waals surface area (Å²) in [5, 5.41) is 0.955. The summed E-state index contributed by atoms with van der Waals surface area (Å²) in [5.74, 6) is 0. The first-order valence-electron chi connectivity index (χ1n) is 6.54. The maximum absolute atomic E-state index is 12.3. The highest BCUT2D eigenvalue weighted by molar-refractivity contribution is 7.89. The highest BCUT2D eigenvalue weighted by atomic mass is 32.2. The second-order valence-electron chi connectivity index (χ2n) is 4.65. The molecule has 0 aliphatic carbocycles. The summed E-state index contributed by atoms with van der Waals surface area (Å²) in [7, 11) is -3.61. The average molecular weight is 298 g/mol. The Balaban J connectivity index is 1.86. The SMILES string of the molecule is O=S(=O)(NCc1ccccc1)c1ccc2ccccc2n1. The van der Waals surface area contributed by atoms with Crippen molar-refractivity contribution >= 4 is 20.9 Å². The second-order valence-corrected chi connectivity index (χ2v) is 6.37. The first kappa shape index (κ1) is 13.7. The lowest BCUT2D eigenvalue weighted by atomic mass is 10.2. The van der Waals surface area contributed by atoms with E-state index in [1.165, 1.54) is 6.07 Å². The van der Waals surface area contributed by atoms with Gasteiger partial charge in [0.25, 0.3) is 10.0 Å². The number of nitrogens with one attached hydrogen (secondary N) is 1. The number of pyridine rings is 1. The van der Waals surface area contributed by atoms with Crippen LogP contribution in [0.15, 0.2) is 71.8 Å². The second kappa shape index (κ2) is 5.63. The van der Waals surface area contributed by atoms with Crippen molar-refractivity contribution < 1.29 is 8.42 Å². The van der Waals surface area contributed by atoms with Crippen LogP contribution in [0.1, 0.15) is 5.56 Å². The smallest absolute Gasteiger partial charge is 0.235 e. The summed E-state index contributed by atoms with van der Waals surface area (Å²) in [6, 6.07) is 20.1. The number of aromatic nitrogens is 1. The van der Waals surface area contributed by atoms with Gasteiger partial charge in [-0.15, -0.1) is 0 Å². The van der Waals surface area contributed by atoms with Crippen LogP contribution in [0.3, 0.4) is 0 Å². The molecule has 0 spiro atoms. The zero-order valence-corrected chi connectivity index (χ0v) is 12.0. The first-order chi connectivity index (χ1) is 10.1. The van der Waals surface area contributed by atoms with Gasteiger partial charge in [0.05, 0.1) is 5.52 Å². The maximum Gasteiger partial charge on any atom is 0.258 e. The third-order valence-corrected chi connectivity index (χ3v) is 4.46. The molecule has 1 aromatic heterocycles. The highest BCUT2D eigenvalue weighted by Crippen LogP contribution is 2.15. The fraction of sp³-hybridized carbons (Fsp3) is 0.0625. The van der Waals surface area contributed by atoms with Gasteiger partial charge in [-0.3, -0.25) is 0 Å². The number of fused-ring (bicyclic) bond motifs is 1. The van der Waals surface area contributed by atoms with Gasteiger partial charge in [-0.05, 0) is 23.8 Å². The molecule has 106 valence electrons. The molecule has 0 saturated carbocycles. The van der Waals surface area contributed by atoms with Gasteiger partial charge >= 0.3 is 0 Å². The average Bonchev–Trinajstić information content (AvgIpc) is 2.53. The Labute approximate surface area is 123 Å². The lowest BCUT2D eigenvalue weighted by molar-refractivity contribution is 0.578. The van der Waals surface area contributed by atoms with Crippen LogP contribution in [0.5, 0.6) is 0 Å². The lowest BCUT2D eigenvalue weighted by Crippen LogP contribution is -2.24. The number of nitrogens with zero attached hydrogens (tertiary/aromatic N) is 1. The molecule has 0 radical (unpaired) electrons. The Kier molecular flexibility index (Phi) is 3.68. The predicted octanol–water partition coefficient (Wildman–Crippen LogP) is 2.71. The van der Waals surface area contributed by atoms with Crippen molar-refractivity contribution in [3.05, 3.63) is 72.3 Å². The number of sulfonamides is 1. The van der Waals surface area contributed by atoms with Crippen molar-refractivity contribution in [1.82, 2.24) is 9.71 Å². The minimum Gasteiger partial charge on any atom is -0.235 e. The molecular weight excluding hydrogens is 284 g/mol. The van der Waals surface area contributed by atoms with Gasteiger partial charge in [0.2, 0.25) is 0 Å². The van der Waals surface area contributed by atoms with Crippen LogP contribution in [-0.2, 0) is 16.6 Å². The molecule has 4 nitrogen and oxygen atoms in total. The van der Waals surface area contributed by atoms with Crippen molar-refractivity contribution in [3.63, 3.8) is 0 Å². The molecule has 0 aliphatic rings. The third kappa shape index (κ3) is 3.09. The van der Waals surface area contributed by atoms with Crippen LogP contribution < -0.4 is 4.72 Å². The van der Waals surface area contributed by atoms with Crippen LogP contribution in [0, 0.1) is 0 Å². The molecule has 0 bridgehead atoms. The number of para-hydroxylation sites is 1. The highest BCUT2D eigenvalue weighted by Gasteiger charge is 2.15. The van der Waals surface area contributed by atoms with Crippen molar-refractivity contribution in [3.8, 4) is 0 Å². The Hall–Kier alpha value is -2.24. The molecule has 0 saturated heterocycles. The summed E-state index contributed by atoms with van der Waals surface area (Å²) in [6.45, 7) is 0.248. The van der Waals surface area contributed by atoms with Gasteiger partial charge < -0.3 is 0 Å². The summed E-state index contributed by atoms with van der Waals surface area (Å²) in [5.41, 5.74) is 1.57. The van der Waals surface area contributed by atoms with Crippen LogP contribution in [0.2, 0.25) is 0 Å². The Bertz CT molecular complexity index is 862. The minimum atomic E-state index is -3.61. The first-order valence-corrected chi connectivity index (χ1v) is 8.03. The van der Waals surface area contributed by atoms with E-state index in [0.29, 0.717) is 5.52 Å². The fourth-order valence-electron chi connectivity index (χ4n) is 2.05. The van der Waals surface area contributed by atoms with Gasteiger partial charge in [0.15, 0.2) is 5.03 Å². The zero-order valence-electron chi connectivity index (χ0n) is 11.2. The van der Waals surface area contributed by atoms with Gasteiger partial charge in [-0.1, -0.05) is 48.5 Å². The molecule has 1 heterocycles. The number of hydrogen-bond acceptors (Lipinski definition) is 3. The topological polar surface area (TPSA) is 59.1 Å². The predicted molar refractivity (Wildman–Crippen MR) is 82.2 cm³/mol. The Morgan fingerprint density at radius 2 is 1.57 bits per heavy atom. The van der Waals surface area contributed by atoms with Gasteiger partial charge in [0.1, 0.15) is 0 Å². The monoisotopic (exact) mass is 298 g/mol. The van der Waals surface area contributed by atoms with Gasteiger partial charge in [-0.25, -0.2) is 18.1 Å². The molecule has 3 rings (SSSR count). The maximum atomic E-state index is 12.3. The normalized spacial score (nSPS) is 11.6. The van der Waals surface area contributed by atoms with Gasteiger partial charge in [-0.2, -0.15) is 0 Å². The van der Waals surface area contributed by atoms with E-state index in [0.717, 1.165) is 10.9 Å². The number of hydrogen-bond donors (Lipinski definition) is 1. The molecule has 1 N–H and O–H groups in total. The van der Waals surface area contributed by atoms with Crippen molar-refractivity contribution in [2.24, 2.45) is 0 Å². The van der Waals surface area contributed by atoms with Crippen molar-refractivity contribution in [2.45, 2.75) is 11.6 Å². The lowest BCUT2D eigenvalue weighted by Gasteiger charge is -2.07. The molecule has 0 unspecified atom stereocenters. The molecule has 5 heteroatoms. The quantitative estimate of drug-likeness (QED) is 0.805. The summed E-state index contributed by atoms with van der Waals surface area (Å²) in [6.07, 6.45) is 0. The molecule has 2 aromatic carbocycles. The van der Waals surface area contributed by atoms with E-state index in [9.17, 15) is 8.42 Å². The largest absolute Gasteiger partial charge is 0.258 e. The standard InChI is InChI=1S/C16H14N2O2S/c19-21(20,17-12-13-6-2-1-3-7-13)16-11-10-14-8-4-5-9-15(14)18-16/h1-11,17H,12H2. The number of rotatable bonds is 4. The molecule has 21 heavy (non-hydrogen) atoms. The fourth-order valence-corrected chi connectivity index (χ4v) is 3.02. The molecular formula is C16H14N2O2S. The molecule has 0 amide bonds. The van der Waals surface area contributed by atoms with Crippen molar-refractivity contribution in [2.75, 3.05) is 0 Å². The molecule has 0 fully saturated rings. The third-order valence-electron chi connectivity index (χ3n) is 3.16. The molecule has 3 aromatic rings. The summed E-state index contributed by atoms with van der Waals surface area (Å²) < 4.78 is 27.1.